The lowest BCUT2D eigenvalue weighted by atomic mass is 10.0. The zero-order valence-corrected chi connectivity index (χ0v) is 10.4. The smallest absolute Gasteiger partial charge is 0.407 e. The normalized spacial score (nSPS) is 19.9. The first-order chi connectivity index (χ1) is 7.70. The fraction of sp³-hybridized carbons (Fsp3) is 0.364. The van der Waals surface area contributed by atoms with Gasteiger partial charge in [-0.25, -0.2) is 4.79 Å². The molecule has 5 heteroatoms. The summed E-state index contributed by atoms with van der Waals surface area (Å²) in [7, 11) is 1.62. The molecular formula is C11H12BrNO3. The first-order valence-electron chi connectivity index (χ1n) is 4.97. The van der Waals surface area contributed by atoms with Crippen LogP contribution < -0.4 is 10.1 Å². The Morgan fingerprint density at radius 1 is 1.56 bits per heavy atom. The number of methoxy groups -OCH3 is 1. The van der Waals surface area contributed by atoms with E-state index in [0.29, 0.717) is 6.61 Å². The van der Waals surface area contributed by atoms with Gasteiger partial charge in [0.1, 0.15) is 5.75 Å². The van der Waals surface area contributed by atoms with Crippen molar-refractivity contribution in [1.29, 1.82) is 0 Å². The minimum atomic E-state index is -0.374. The molecule has 0 bridgehead atoms. The van der Waals surface area contributed by atoms with Gasteiger partial charge >= 0.3 is 6.09 Å². The number of cyclic esters (lactones) is 1. The van der Waals surface area contributed by atoms with Gasteiger partial charge in [0.2, 0.25) is 0 Å². The van der Waals surface area contributed by atoms with Crippen LogP contribution in [0.1, 0.15) is 18.0 Å². The highest BCUT2D eigenvalue weighted by molar-refractivity contribution is 9.10. The second-order valence-corrected chi connectivity index (χ2v) is 4.42. The molecule has 2 rings (SSSR count). The van der Waals surface area contributed by atoms with Crippen LogP contribution >= 0.6 is 15.9 Å². The van der Waals surface area contributed by atoms with E-state index in [0.717, 1.165) is 22.2 Å². The summed E-state index contributed by atoms with van der Waals surface area (Å²) in [6, 6.07) is 5.72. The highest BCUT2D eigenvalue weighted by Gasteiger charge is 2.23. The molecule has 0 saturated carbocycles. The monoisotopic (exact) mass is 285 g/mol. The number of carbonyl (C=O) groups excluding carboxylic acids is 1. The van der Waals surface area contributed by atoms with Crippen LogP contribution in [-0.4, -0.2) is 19.8 Å². The zero-order valence-electron chi connectivity index (χ0n) is 8.83. The molecule has 1 atom stereocenters. The first kappa shape index (κ1) is 11.3. The molecule has 1 aliphatic heterocycles. The van der Waals surface area contributed by atoms with Gasteiger partial charge in [-0.1, -0.05) is 22.0 Å². The van der Waals surface area contributed by atoms with Crippen molar-refractivity contribution in [3.8, 4) is 5.75 Å². The first-order valence-corrected chi connectivity index (χ1v) is 5.76. The van der Waals surface area contributed by atoms with Crippen molar-refractivity contribution < 1.29 is 14.3 Å². The Morgan fingerprint density at radius 3 is 3.06 bits per heavy atom. The van der Waals surface area contributed by atoms with Gasteiger partial charge < -0.3 is 14.8 Å². The maximum atomic E-state index is 11.1. The van der Waals surface area contributed by atoms with Crippen LogP contribution in [0.5, 0.6) is 5.75 Å². The van der Waals surface area contributed by atoms with Gasteiger partial charge in [0.25, 0.3) is 0 Å². The molecule has 4 nitrogen and oxygen atoms in total. The maximum absolute atomic E-state index is 11.1. The van der Waals surface area contributed by atoms with Gasteiger partial charge in [-0.05, 0) is 12.1 Å². The number of hydrogen-bond donors (Lipinski definition) is 1. The Kier molecular flexibility index (Phi) is 3.33. The maximum Gasteiger partial charge on any atom is 0.407 e. The minimum absolute atomic E-state index is 0.0377. The van der Waals surface area contributed by atoms with E-state index < -0.39 is 0 Å². The molecule has 0 radical (unpaired) electrons. The van der Waals surface area contributed by atoms with E-state index in [2.05, 4.69) is 21.2 Å². The van der Waals surface area contributed by atoms with Crippen molar-refractivity contribution in [2.24, 2.45) is 0 Å². The number of rotatable bonds is 2. The molecule has 1 N–H and O–H groups in total. The molecule has 0 unspecified atom stereocenters. The van der Waals surface area contributed by atoms with Gasteiger partial charge in [0.15, 0.2) is 0 Å². The van der Waals surface area contributed by atoms with Crippen LogP contribution in [0, 0.1) is 0 Å². The number of hydrogen-bond acceptors (Lipinski definition) is 3. The van der Waals surface area contributed by atoms with Crippen LogP contribution in [-0.2, 0) is 4.74 Å². The van der Waals surface area contributed by atoms with Gasteiger partial charge in [-0.3, -0.25) is 0 Å². The fourth-order valence-electron chi connectivity index (χ4n) is 1.73. The number of carbonyl (C=O) groups is 1. The van der Waals surface area contributed by atoms with Crippen LogP contribution in [0.2, 0.25) is 0 Å². The van der Waals surface area contributed by atoms with Gasteiger partial charge in [0, 0.05) is 16.5 Å². The van der Waals surface area contributed by atoms with Crippen molar-refractivity contribution in [1.82, 2.24) is 5.32 Å². The molecule has 1 amide bonds. The van der Waals surface area contributed by atoms with Gasteiger partial charge in [0.05, 0.1) is 19.8 Å². The second kappa shape index (κ2) is 4.74. The zero-order chi connectivity index (χ0) is 11.5. The minimum Gasteiger partial charge on any atom is -0.496 e. The fourth-order valence-corrected chi connectivity index (χ4v) is 2.07. The second-order valence-electron chi connectivity index (χ2n) is 3.51. The molecule has 0 aliphatic carbocycles. The number of halogens is 1. The Morgan fingerprint density at radius 2 is 2.38 bits per heavy atom. The Bertz CT molecular complexity index is 408. The summed E-state index contributed by atoms with van der Waals surface area (Å²) in [5, 5.41) is 2.77. The SMILES string of the molecule is COc1cc(Br)ccc1[C@H]1CCOC(=O)N1. The lowest BCUT2D eigenvalue weighted by Crippen LogP contribution is -2.35. The predicted octanol–water partition coefficient (Wildman–Crippen LogP) is 2.63. The summed E-state index contributed by atoms with van der Waals surface area (Å²) in [6.45, 7) is 0.440. The van der Waals surface area contributed by atoms with E-state index >= 15 is 0 Å². The van der Waals surface area contributed by atoms with E-state index in [1.165, 1.54) is 0 Å². The average molecular weight is 286 g/mol. The highest BCUT2D eigenvalue weighted by atomic mass is 79.9. The number of nitrogens with one attached hydrogen (secondary N) is 1. The van der Waals surface area contributed by atoms with Crippen molar-refractivity contribution in [3.63, 3.8) is 0 Å². The number of amides is 1. The summed E-state index contributed by atoms with van der Waals surface area (Å²) < 4.78 is 11.1. The van der Waals surface area contributed by atoms with Gasteiger partial charge in [-0.2, -0.15) is 0 Å². The summed E-state index contributed by atoms with van der Waals surface area (Å²) in [4.78, 5) is 11.1. The number of ether oxygens (including phenoxy) is 2. The van der Waals surface area contributed by atoms with Crippen molar-refractivity contribution >= 4 is 22.0 Å². The molecule has 1 fully saturated rings. The Hall–Kier alpha value is -1.23. The summed E-state index contributed by atoms with van der Waals surface area (Å²) in [6.07, 6.45) is 0.380. The molecule has 86 valence electrons. The molecule has 1 aromatic rings. The van der Waals surface area contributed by atoms with Gasteiger partial charge in [-0.15, -0.1) is 0 Å². The topological polar surface area (TPSA) is 47.6 Å². The lowest BCUT2D eigenvalue weighted by molar-refractivity contribution is 0.115. The number of alkyl carbamates (subject to hydrolysis) is 1. The molecule has 0 spiro atoms. The van der Waals surface area contributed by atoms with Crippen molar-refractivity contribution in [2.45, 2.75) is 12.5 Å². The quantitative estimate of drug-likeness (QED) is 0.909. The van der Waals surface area contributed by atoms with E-state index in [9.17, 15) is 4.79 Å². The standard InChI is InChI=1S/C11H12BrNO3/c1-15-10-6-7(12)2-3-8(10)9-4-5-16-11(14)13-9/h2-3,6,9H,4-5H2,1H3,(H,13,14)/t9-/m1/s1. The van der Waals surface area contributed by atoms with E-state index in [-0.39, 0.29) is 12.1 Å². The third-order valence-electron chi connectivity index (χ3n) is 2.50. The van der Waals surface area contributed by atoms with Crippen LogP contribution in [0.4, 0.5) is 4.79 Å². The molecule has 1 saturated heterocycles. The van der Waals surface area contributed by atoms with Crippen LogP contribution in [0.15, 0.2) is 22.7 Å². The van der Waals surface area contributed by atoms with E-state index in [4.69, 9.17) is 9.47 Å². The average Bonchev–Trinajstić information content (AvgIpc) is 2.28. The Labute approximate surface area is 102 Å². The van der Waals surface area contributed by atoms with Crippen LogP contribution in [0.3, 0.4) is 0 Å². The third kappa shape index (κ3) is 2.29. The summed E-state index contributed by atoms with van der Waals surface area (Å²) in [5.41, 5.74) is 0.974. The summed E-state index contributed by atoms with van der Waals surface area (Å²) >= 11 is 3.38. The molecule has 16 heavy (non-hydrogen) atoms. The van der Waals surface area contributed by atoms with Crippen molar-refractivity contribution in [3.05, 3.63) is 28.2 Å². The molecule has 0 aromatic heterocycles. The predicted molar refractivity (Wildman–Crippen MR) is 62.5 cm³/mol. The lowest BCUT2D eigenvalue weighted by Gasteiger charge is -2.25. The van der Waals surface area contributed by atoms with E-state index in [1.54, 1.807) is 7.11 Å². The third-order valence-corrected chi connectivity index (χ3v) is 3.00. The summed E-state index contributed by atoms with van der Waals surface area (Å²) in [5.74, 6) is 0.765. The Balaban J connectivity index is 2.28. The number of benzene rings is 1. The highest BCUT2D eigenvalue weighted by Crippen LogP contribution is 2.31. The molecule has 1 aromatic carbocycles. The van der Waals surface area contributed by atoms with E-state index in [1.807, 2.05) is 18.2 Å². The molecule has 1 aliphatic rings. The largest absolute Gasteiger partial charge is 0.496 e. The molecule has 1 heterocycles. The van der Waals surface area contributed by atoms with Crippen LogP contribution in [0.25, 0.3) is 0 Å². The van der Waals surface area contributed by atoms with Crippen molar-refractivity contribution in [2.75, 3.05) is 13.7 Å². The molecular weight excluding hydrogens is 274 g/mol.